The Bertz CT molecular complexity index is 743. The largest absolute Gasteiger partial charge is 0.475 e. The molecule has 7 nitrogen and oxygen atoms in total. The molecule has 0 bridgehead atoms. The van der Waals surface area contributed by atoms with Crippen LogP contribution in [0.4, 0.5) is 0 Å². The molecule has 0 aliphatic carbocycles. The Hall–Kier alpha value is -2.83. The number of rotatable bonds is 4. The number of carbonyl (C=O) groups is 2. The second-order valence-electron chi connectivity index (χ2n) is 5.05. The van der Waals surface area contributed by atoms with Crippen molar-refractivity contribution in [1.29, 1.82) is 0 Å². The highest BCUT2D eigenvalue weighted by atomic mass is 16.4. The second kappa shape index (κ2) is 7.98. The van der Waals surface area contributed by atoms with Gasteiger partial charge in [-0.3, -0.25) is 9.59 Å². The van der Waals surface area contributed by atoms with E-state index in [2.05, 4.69) is 4.98 Å². The highest BCUT2D eigenvalue weighted by molar-refractivity contribution is 5.85. The van der Waals surface area contributed by atoms with Crippen LogP contribution >= 0.6 is 0 Å². The maximum atomic E-state index is 11.6. The van der Waals surface area contributed by atoms with E-state index in [9.17, 15) is 14.4 Å². The number of pyridine rings is 1. The number of aromatic carboxylic acids is 1. The second-order valence-corrected chi connectivity index (χ2v) is 5.05. The fourth-order valence-corrected chi connectivity index (χ4v) is 1.78. The predicted octanol–water partition coefficient (Wildman–Crippen LogP) is 1.91. The summed E-state index contributed by atoms with van der Waals surface area (Å²) in [4.78, 5) is 36.0. The molecule has 0 aliphatic heterocycles. The van der Waals surface area contributed by atoms with Gasteiger partial charge in [-0.15, -0.1) is 0 Å². The maximum Gasteiger partial charge on any atom is 0.371 e. The van der Waals surface area contributed by atoms with Gasteiger partial charge in [0.1, 0.15) is 5.76 Å². The van der Waals surface area contributed by atoms with Crippen LogP contribution in [-0.2, 0) is 11.2 Å². The summed E-state index contributed by atoms with van der Waals surface area (Å²) in [5.41, 5.74) is 1.88. The summed E-state index contributed by atoms with van der Waals surface area (Å²) in [6, 6.07) is 4.72. The number of aromatic nitrogens is 1. The first-order valence-corrected chi connectivity index (χ1v) is 6.98. The minimum atomic E-state index is -1.11. The number of hydrogen-bond donors (Lipinski definition) is 2. The highest BCUT2D eigenvalue weighted by Crippen LogP contribution is 2.24. The van der Waals surface area contributed by atoms with Gasteiger partial charge in [-0.1, -0.05) is 6.92 Å². The van der Waals surface area contributed by atoms with Gasteiger partial charge >= 0.3 is 5.97 Å². The lowest BCUT2D eigenvalue weighted by molar-refractivity contribution is -0.115. The van der Waals surface area contributed by atoms with E-state index in [0.717, 1.165) is 6.41 Å². The van der Waals surface area contributed by atoms with Crippen LogP contribution in [0.5, 0.6) is 0 Å². The Labute approximate surface area is 133 Å². The zero-order valence-corrected chi connectivity index (χ0v) is 13.5. The van der Waals surface area contributed by atoms with Gasteiger partial charge in [0, 0.05) is 30.9 Å². The summed E-state index contributed by atoms with van der Waals surface area (Å²) in [7, 11) is 3.38. The Morgan fingerprint density at radius 2 is 2.00 bits per heavy atom. The van der Waals surface area contributed by atoms with E-state index in [1.54, 1.807) is 33.2 Å². The van der Waals surface area contributed by atoms with Gasteiger partial charge < -0.3 is 19.4 Å². The first kappa shape index (κ1) is 18.2. The van der Waals surface area contributed by atoms with Crippen molar-refractivity contribution in [2.45, 2.75) is 20.3 Å². The van der Waals surface area contributed by atoms with Crippen LogP contribution in [0.3, 0.4) is 0 Å². The van der Waals surface area contributed by atoms with Crippen molar-refractivity contribution in [2.75, 3.05) is 14.1 Å². The third-order valence-electron chi connectivity index (χ3n) is 2.99. The van der Waals surface area contributed by atoms with Gasteiger partial charge in [-0.05, 0) is 31.5 Å². The first-order valence-electron chi connectivity index (χ1n) is 6.98. The Kier molecular flexibility index (Phi) is 6.32. The number of carbonyl (C=O) groups excluding carboxylic acids is 1. The van der Waals surface area contributed by atoms with Crippen LogP contribution in [0.25, 0.3) is 11.3 Å². The van der Waals surface area contributed by atoms with Crippen molar-refractivity contribution in [3.63, 3.8) is 0 Å². The van der Waals surface area contributed by atoms with Crippen LogP contribution in [0.2, 0.25) is 0 Å². The molecule has 2 aromatic heterocycles. The maximum absolute atomic E-state index is 11.6. The molecule has 23 heavy (non-hydrogen) atoms. The van der Waals surface area contributed by atoms with Crippen LogP contribution in [0.1, 0.15) is 28.7 Å². The standard InChI is InChI=1S/C13H13NO4.C3H7NO/c1-3-8-6-9(7(2)14-12(8)15)10-4-5-11(18-10)13(16)17;1-4(2)3-5/h4-6H,3H2,1-2H3,(H,14,15)(H,16,17);3H,1-2H3. The number of aromatic amines is 1. The number of nitrogens with zero attached hydrogens (tertiary/aromatic N) is 1. The molecule has 0 radical (unpaired) electrons. The van der Waals surface area contributed by atoms with Crippen LogP contribution in [0, 0.1) is 6.92 Å². The van der Waals surface area contributed by atoms with Crippen LogP contribution in [-0.4, -0.2) is 41.5 Å². The fourth-order valence-electron chi connectivity index (χ4n) is 1.78. The van der Waals surface area contributed by atoms with Gasteiger partial charge in [-0.2, -0.15) is 0 Å². The monoisotopic (exact) mass is 320 g/mol. The minimum absolute atomic E-state index is 0.117. The molecule has 2 aromatic rings. The molecule has 2 heterocycles. The summed E-state index contributed by atoms with van der Waals surface area (Å²) in [6.07, 6.45) is 1.36. The Morgan fingerprint density at radius 3 is 2.43 bits per heavy atom. The van der Waals surface area contributed by atoms with Crippen LogP contribution < -0.4 is 5.56 Å². The number of H-pyrrole nitrogens is 1. The van der Waals surface area contributed by atoms with E-state index < -0.39 is 5.97 Å². The van der Waals surface area contributed by atoms with Gasteiger partial charge in [0.05, 0.1) is 0 Å². The third kappa shape index (κ3) is 4.84. The van der Waals surface area contributed by atoms with Crippen molar-refractivity contribution in [3.05, 3.63) is 45.6 Å². The number of furan rings is 1. The number of aryl methyl sites for hydroxylation is 2. The van der Waals surface area contributed by atoms with Crippen molar-refractivity contribution >= 4 is 12.4 Å². The molecule has 0 atom stereocenters. The van der Waals surface area contributed by atoms with E-state index in [1.807, 2.05) is 6.92 Å². The molecular weight excluding hydrogens is 300 g/mol. The van der Waals surface area contributed by atoms with Crippen molar-refractivity contribution in [1.82, 2.24) is 9.88 Å². The molecule has 7 heteroatoms. The summed E-state index contributed by atoms with van der Waals surface area (Å²) in [5.74, 6) is -0.788. The van der Waals surface area contributed by atoms with Crippen molar-refractivity contribution in [3.8, 4) is 11.3 Å². The topological polar surface area (TPSA) is 104 Å². The number of amides is 1. The molecule has 1 amide bonds. The summed E-state index contributed by atoms with van der Waals surface area (Å²) in [5, 5.41) is 8.81. The molecule has 0 unspecified atom stereocenters. The summed E-state index contributed by atoms with van der Waals surface area (Å²) < 4.78 is 5.23. The third-order valence-corrected chi connectivity index (χ3v) is 2.99. The van der Waals surface area contributed by atoms with E-state index in [-0.39, 0.29) is 11.3 Å². The van der Waals surface area contributed by atoms with Crippen LogP contribution in [0.15, 0.2) is 27.4 Å². The zero-order chi connectivity index (χ0) is 17.6. The predicted molar refractivity (Wildman–Crippen MR) is 85.6 cm³/mol. The summed E-state index contributed by atoms with van der Waals surface area (Å²) in [6.45, 7) is 3.63. The molecule has 124 valence electrons. The average molecular weight is 320 g/mol. The van der Waals surface area contributed by atoms with E-state index in [1.165, 1.54) is 11.0 Å². The highest BCUT2D eigenvalue weighted by Gasteiger charge is 2.13. The van der Waals surface area contributed by atoms with Gasteiger partial charge in [-0.25, -0.2) is 4.79 Å². The van der Waals surface area contributed by atoms with Gasteiger partial charge in [0.25, 0.3) is 5.56 Å². The van der Waals surface area contributed by atoms with Gasteiger partial charge in [0.2, 0.25) is 12.2 Å². The normalized spacial score (nSPS) is 9.74. The SMILES string of the molecule is CCc1cc(-c2ccc(C(=O)O)o2)c(C)[nH]c1=O.CN(C)C=O. The van der Waals surface area contributed by atoms with Crippen molar-refractivity contribution in [2.24, 2.45) is 0 Å². The lowest BCUT2D eigenvalue weighted by atomic mass is 10.1. The number of hydrogen-bond acceptors (Lipinski definition) is 4. The minimum Gasteiger partial charge on any atom is -0.475 e. The molecule has 2 N–H and O–H groups in total. The first-order chi connectivity index (χ1) is 10.8. The quantitative estimate of drug-likeness (QED) is 0.837. The van der Waals surface area contributed by atoms with Gasteiger partial charge in [0.15, 0.2) is 0 Å². The number of nitrogens with one attached hydrogen (secondary N) is 1. The van der Waals surface area contributed by atoms with E-state index in [0.29, 0.717) is 29.0 Å². The molecular formula is C16H20N2O5. The number of carboxylic acid groups (broad SMARTS) is 1. The molecule has 0 spiro atoms. The van der Waals surface area contributed by atoms with Crippen molar-refractivity contribution < 1.29 is 19.1 Å². The zero-order valence-electron chi connectivity index (χ0n) is 13.5. The molecule has 0 aromatic carbocycles. The Morgan fingerprint density at radius 1 is 1.39 bits per heavy atom. The smallest absolute Gasteiger partial charge is 0.371 e. The molecule has 2 rings (SSSR count). The van der Waals surface area contributed by atoms with E-state index >= 15 is 0 Å². The summed E-state index contributed by atoms with van der Waals surface area (Å²) >= 11 is 0. The molecule has 0 fully saturated rings. The number of carboxylic acids is 1. The molecule has 0 saturated carbocycles. The Balaban J connectivity index is 0.000000463. The van der Waals surface area contributed by atoms with E-state index in [4.69, 9.17) is 9.52 Å². The molecule has 0 saturated heterocycles. The molecule has 0 aliphatic rings. The lowest BCUT2D eigenvalue weighted by Crippen LogP contribution is -2.13. The fraction of sp³-hybridized carbons (Fsp3) is 0.312. The average Bonchev–Trinajstić information content (AvgIpc) is 2.98. The lowest BCUT2D eigenvalue weighted by Gasteiger charge is -2.04.